The summed E-state index contributed by atoms with van der Waals surface area (Å²) in [4.78, 5) is 12.2. The third-order valence-electron chi connectivity index (χ3n) is 3.17. The quantitative estimate of drug-likeness (QED) is 0.612. The van der Waals surface area contributed by atoms with Crippen molar-refractivity contribution in [3.8, 4) is 11.5 Å². The van der Waals surface area contributed by atoms with E-state index in [2.05, 4.69) is 0 Å². The third kappa shape index (κ3) is 3.38. The zero-order valence-corrected chi connectivity index (χ0v) is 11.7. The van der Waals surface area contributed by atoms with Gasteiger partial charge in [-0.1, -0.05) is 37.3 Å². The molecule has 0 aliphatic rings. The van der Waals surface area contributed by atoms with Gasteiger partial charge in [0.2, 0.25) is 0 Å². The first-order chi connectivity index (χ1) is 9.74. The first-order valence-electron chi connectivity index (χ1n) is 6.65. The SMILES string of the molecule is CC[C@H](C(=O)Oc1ccc(OC)cc1)c1ccccc1. The van der Waals surface area contributed by atoms with Crippen LogP contribution in [0.5, 0.6) is 11.5 Å². The fourth-order valence-electron chi connectivity index (χ4n) is 2.05. The average Bonchev–Trinajstić information content (AvgIpc) is 2.50. The predicted molar refractivity (Wildman–Crippen MR) is 78.1 cm³/mol. The minimum Gasteiger partial charge on any atom is -0.497 e. The summed E-state index contributed by atoms with van der Waals surface area (Å²) in [6.45, 7) is 1.98. The summed E-state index contributed by atoms with van der Waals surface area (Å²) in [5.41, 5.74) is 0.980. The number of carbonyl (C=O) groups is 1. The molecule has 0 amide bonds. The van der Waals surface area contributed by atoms with Crippen molar-refractivity contribution in [2.24, 2.45) is 0 Å². The normalized spacial score (nSPS) is 11.7. The molecule has 2 aromatic carbocycles. The summed E-state index contributed by atoms with van der Waals surface area (Å²) in [6, 6.07) is 16.7. The molecule has 0 heterocycles. The molecule has 2 aromatic rings. The second-order valence-electron chi connectivity index (χ2n) is 4.47. The largest absolute Gasteiger partial charge is 0.497 e. The van der Waals surface area contributed by atoms with Crippen molar-refractivity contribution in [3.63, 3.8) is 0 Å². The van der Waals surface area contributed by atoms with Gasteiger partial charge in [-0.05, 0) is 36.2 Å². The molecule has 0 unspecified atom stereocenters. The van der Waals surface area contributed by atoms with E-state index in [1.54, 1.807) is 31.4 Å². The lowest BCUT2D eigenvalue weighted by Crippen LogP contribution is -2.18. The summed E-state index contributed by atoms with van der Waals surface area (Å²) in [6.07, 6.45) is 0.707. The number of carbonyl (C=O) groups excluding carboxylic acids is 1. The van der Waals surface area contributed by atoms with Crippen molar-refractivity contribution in [3.05, 3.63) is 60.2 Å². The van der Waals surface area contributed by atoms with Gasteiger partial charge in [0.25, 0.3) is 0 Å². The molecule has 0 spiro atoms. The van der Waals surface area contributed by atoms with E-state index in [0.29, 0.717) is 12.2 Å². The molecule has 0 saturated carbocycles. The number of benzene rings is 2. The minimum atomic E-state index is -0.238. The van der Waals surface area contributed by atoms with Gasteiger partial charge in [-0.2, -0.15) is 0 Å². The highest BCUT2D eigenvalue weighted by Crippen LogP contribution is 2.23. The van der Waals surface area contributed by atoms with Crippen molar-refractivity contribution in [1.82, 2.24) is 0 Å². The maximum Gasteiger partial charge on any atom is 0.318 e. The first kappa shape index (κ1) is 14.1. The van der Waals surface area contributed by atoms with Gasteiger partial charge in [-0.3, -0.25) is 4.79 Å². The summed E-state index contributed by atoms with van der Waals surface area (Å²) in [5.74, 6) is 0.798. The lowest BCUT2D eigenvalue weighted by atomic mass is 9.97. The van der Waals surface area contributed by atoms with Gasteiger partial charge < -0.3 is 9.47 Å². The summed E-state index contributed by atoms with van der Waals surface area (Å²) in [7, 11) is 1.60. The number of esters is 1. The Labute approximate surface area is 119 Å². The fraction of sp³-hybridized carbons (Fsp3) is 0.235. The maximum absolute atomic E-state index is 12.2. The van der Waals surface area contributed by atoms with E-state index in [9.17, 15) is 4.79 Å². The second-order valence-corrected chi connectivity index (χ2v) is 4.47. The van der Waals surface area contributed by atoms with Crippen LogP contribution in [0.25, 0.3) is 0 Å². The van der Waals surface area contributed by atoms with Gasteiger partial charge in [-0.15, -0.1) is 0 Å². The first-order valence-corrected chi connectivity index (χ1v) is 6.65. The van der Waals surface area contributed by atoms with Crippen LogP contribution in [0.3, 0.4) is 0 Å². The molecule has 2 rings (SSSR count). The Kier molecular flexibility index (Phi) is 4.77. The Hall–Kier alpha value is -2.29. The predicted octanol–water partition coefficient (Wildman–Crippen LogP) is 3.79. The van der Waals surface area contributed by atoms with Gasteiger partial charge in [0, 0.05) is 0 Å². The summed E-state index contributed by atoms with van der Waals surface area (Å²) in [5, 5.41) is 0. The smallest absolute Gasteiger partial charge is 0.318 e. The van der Waals surface area contributed by atoms with Gasteiger partial charge in [0.05, 0.1) is 13.0 Å². The molecule has 0 N–H and O–H groups in total. The Morgan fingerprint density at radius 3 is 2.15 bits per heavy atom. The number of rotatable bonds is 5. The fourth-order valence-corrected chi connectivity index (χ4v) is 2.05. The van der Waals surface area contributed by atoms with Crippen molar-refractivity contribution in [2.45, 2.75) is 19.3 Å². The summed E-state index contributed by atoms with van der Waals surface area (Å²) >= 11 is 0. The van der Waals surface area contributed by atoms with Crippen LogP contribution in [-0.2, 0) is 4.79 Å². The summed E-state index contributed by atoms with van der Waals surface area (Å²) < 4.78 is 10.5. The van der Waals surface area contributed by atoms with Crippen LogP contribution < -0.4 is 9.47 Å². The molecule has 104 valence electrons. The van der Waals surface area contributed by atoms with E-state index >= 15 is 0 Å². The standard InChI is InChI=1S/C17H18O3/c1-3-16(13-7-5-4-6-8-13)17(18)20-15-11-9-14(19-2)10-12-15/h4-12,16H,3H2,1-2H3/t16-/m0/s1. The lowest BCUT2D eigenvalue weighted by Gasteiger charge is -2.14. The van der Waals surface area contributed by atoms with Crippen LogP contribution in [0.1, 0.15) is 24.8 Å². The van der Waals surface area contributed by atoms with Crippen molar-refractivity contribution in [2.75, 3.05) is 7.11 Å². The topological polar surface area (TPSA) is 35.5 Å². The van der Waals surface area contributed by atoms with Gasteiger partial charge in [0.15, 0.2) is 0 Å². The molecule has 0 aliphatic carbocycles. The molecule has 0 aliphatic heterocycles. The molecular formula is C17H18O3. The molecule has 3 heteroatoms. The molecule has 3 nitrogen and oxygen atoms in total. The number of hydrogen-bond donors (Lipinski definition) is 0. The lowest BCUT2D eigenvalue weighted by molar-refractivity contribution is -0.136. The Bertz CT molecular complexity index is 546. The molecular weight excluding hydrogens is 252 g/mol. The molecule has 0 fully saturated rings. The van der Waals surface area contributed by atoms with Crippen molar-refractivity contribution >= 4 is 5.97 Å². The van der Waals surface area contributed by atoms with Crippen molar-refractivity contribution in [1.29, 1.82) is 0 Å². The highest BCUT2D eigenvalue weighted by molar-refractivity contribution is 5.80. The maximum atomic E-state index is 12.2. The zero-order chi connectivity index (χ0) is 14.4. The minimum absolute atomic E-state index is 0.233. The van der Waals surface area contributed by atoms with E-state index in [1.165, 1.54) is 0 Å². The van der Waals surface area contributed by atoms with E-state index in [1.807, 2.05) is 37.3 Å². The van der Waals surface area contributed by atoms with E-state index in [0.717, 1.165) is 11.3 Å². The van der Waals surface area contributed by atoms with Gasteiger partial charge >= 0.3 is 5.97 Å². The van der Waals surface area contributed by atoms with E-state index < -0.39 is 0 Å². The molecule has 0 bridgehead atoms. The van der Waals surface area contributed by atoms with Crippen molar-refractivity contribution < 1.29 is 14.3 Å². The van der Waals surface area contributed by atoms with Gasteiger partial charge in [0.1, 0.15) is 11.5 Å². The van der Waals surface area contributed by atoms with E-state index in [-0.39, 0.29) is 11.9 Å². The second kappa shape index (κ2) is 6.75. The Morgan fingerprint density at radius 2 is 1.60 bits per heavy atom. The molecule has 1 atom stereocenters. The van der Waals surface area contributed by atoms with Gasteiger partial charge in [-0.25, -0.2) is 0 Å². The molecule has 0 saturated heterocycles. The van der Waals surface area contributed by atoms with Crippen LogP contribution in [-0.4, -0.2) is 13.1 Å². The Morgan fingerprint density at radius 1 is 1.00 bits per heavy atom. The van der Waals surface area contributed by atoms with Crippen LogP contribution >= 0.6 is 0 Å². The van der Waals surface area contributed by atoms with Crippen LogP contribution in [0.2, 0.25) is 0 Å². The average molecular weight is 270 g/mol. The molecule has 0 aromatic heterocycles. The highest BCUT2D eigenvalue weighted by Gasteiger charge is 2.20. The zero-order valence-electron chi connectivity index (χ0n) is 11.7. The number of ether oxygens (including phenoxy) is 2. The highest BCUT2D eigenvalue weighted by atomic mass is 16.5. The van der Waals surface area contributed by atoms with Crippen LogP contribution in [0.4, 0.5) is 0 Å². The van der Waals surface area contributed by atoms with E-state index in [4.69, 9.17) is 9.47 Å². The molecule has 0 radical (unpaired) electrons. The monoisotopic (exact) mass is 270 g/mol. The van der Waals surface area contributed by atoms with Crippen LogP contribution in [0, 0.1) is 0 Å². The number of hydrogen-bond acceptors (Lipinski definition) is 3. The third-order valence-corrected chi connectivity index (χ3v) is 3.17. The molecule has 20 heavy (non-hydrogen) atoms. The Balaban J connectivity index is 2.09. The number of methoxy groups -OCH3 is 1. The van der Waals surface area contributed by atoms with Crippen LogP contribution in [0.15, 0.2) is 54.6 Å².